The number of nitrogens with one attached hydrogen (secondary N) is 2. The first-order valence-corrected chi connectivity index (χ1v) is 10.0. The van der Waals surface area contributed by atoms with Gasteiger partial charge in [-0.25, -0.2) is 4.98 Å². The van der Waals surface area contributed by atoms with E-state index in [0.29, 0.717) is 23.8 Å². The number of carbonyl (C=O) groups is 2. The van der Waals surface area contributed by atoms with Gasteiger partial charge in [-0.2, -0.15) is 0 Å². The van der Waals surface area contributed by atoms with Crippen molar-refractivity contribution < 1.29 is 18.7 Å². The lowest BCUT2D eigenvalue weighted by Gasteiger charge is -2.19. The first-order chi connectivity index (χ1) is 14.9. The molecule has 3 heterocycles. The Labute approximate surface area is 181 Å². The molecule has 0 radical (unpaired) electrons. The fourth-order valence-electron chi connectivity index (χ4n) is 2.95. The van der Waals surface area contributed by atoms with Crippen molar-refractivity contribution in [3.8, 4) is 17.2 Å². The van der Waals surface area contributed by atoms with Gasteiger partial charge in [-0.3, -0.25) is 14.6 Å². The molecule has 1 atom stereocenters. The third-order valence-corrected chi connectivity index (χ3v) is 4.66. The SMILES string of the molecule is CNC(=O)[C@@H](NC(=O)c1ccc(-c2ccc(OCc3cc(C)ccn3)cn2)o1)C(C)C. The second kappa shape index (κ2) is 9.88. The number of hydrogen-bond acceptors (Lipinski definition) is 6. The van der Waals surface area contributed by atoms with Crippen molar-refractivity contribution in [3.05, 3.63) is 65.8 Å². The molecule has 2 N–H and O–H groups in total. The molecule has 0 spiro atoms. The minimum Gasteiger partial charge on any atom is -0.486 e. The fraction of sp³-hybridized carbons (Fsp3) is 0.304. The third kappa shape index (κ3) is 5.69. The van der Waals surface area contributed by atoms with Crippen molar-refractivity contribution in [2.75, 3.05) is 7.05 Å². The molecular weight excluding hydrogens is 396 g/mol. The molecule has 0 aliphatic heterocycles. The van der Waals surface area contributed by atoms with Gasteiger partial charge in [0, 0.05) is 13.2 Å². The summed E-state index contributed by atoms with van der Waals surface area (Å²) in [5, 5.41) is 5.26. The molecule has 162 valence electrons. The number of furan rings is 1. The molecule has 0 saturated carbocycles. The molecule has 3 aromatic heterocycles. The van der Waals surface area contributed by atoms with E-state index in [2.05, 4.69) is 20.6 Å². The molecule has 31 heavy (non-hydrogen) atoms. The van der Waals surface area contributed by atoms with Crippen molar-refractivity contribution in [2.24, 2.45) is 5.92 Å². The summed E-state index contributed by atoms with van der Waals surface area (Å²) >= 11 is 0. The molecule has 0 aliphatic carbocycles. The van der Waals surface area contributed by atoms with Crippen LogP contribution in [0, 0.1) is 12.8 Å². The number of aromatic nitrogens is 2. The van der Waals surface area contributed by atoms with Crippen LogP contribution in [0.25, 0.3) is 11.5 Å². The zero-order valence-corrected chi connectivity index (χ0v) is 18.0. The van der Waals surface area contributed by atoms with E-state index in [1.165, 1.54) is 7.05 Å². The smallest absolute Gasteiger partial charge is 0.287 e. The van der Waals surface area contributed by atoms with Crippen LogP contribution < -0.4 is 15.4 Å². The number of hydrogen-bond donors (Lipinski definition) is 2. The van der Waals surface area contributed by atoms with Gasteiger partial charge in [0.1, 0.15) is 24.1 Å². The molecule has 2 amide bonds. The second-order valence-corrected chi connectivity index (χ2v) is 7.47. The van der Waals surface area contributed by atoms with Crippen LogP contribution in [-0.2, 0) is 11.4 Å². The predicted octanol–water partition coefficient (Wildman–Crippen LogP) is 3.12. The van der Waals surface area contributed by atoms with Crippen molar-refractivity contribution in [3.63, 3.8) is 0 Å². The molecular formula is C23H26N4O4. The maximum atomic E-state index is 12.5. The monoisotopic (exact) mass is 422 g/mol. The highest BCUT2D eigenvalue weighted by atomic mass is 16.5. The van der Waals surface area contributed by atoms with E-state index in [4.69, 9.17) is 9.15 Å². The van der Waals surface area contributed by atoms with Gasteiger partial charge in [0.25, 0.3) is 5.91 Å². The van der Waals surface area contributed by atoms with Crippen molar-refractivity contribution in [1.29, 1.82) is 0 Å². The highest BCUT2D eigenvalue weighted by Gasteiger charge is 2.25. The fourth-order valence-corrected chi connectivity index (χ4v) is 2.95. The van der Waals surface area contributed by atoms with E-state index in [0.717, 1.165) is 11.3 Å². The summed E-state index contributed by atoms with van der Waals surface area (Å²) in [7, 11) is 1.53. The molecule has 0 bridgehead atoms. The van der Waals surface area contributed by atoms with E-state index in [1.54, 1.807) is 36.7 Å². The highest BCUT2D eigenvalue weighted by molar-refractivity contribution is 5.95. The van der Waals surface area contributed by atoms with Crippen LogP contribution in [0.3, 0.4) is 0 Å². The van der Waals surface area contributed by atoms with Gasteiger partial charge in [-0.1, -0.05) is 13.8 Å². The molecule has 0 aliphatic rings. The molecule has 8 nitrogen and oxygen atoms in total. The van der Waals surface area contributed by atoms with Gasteiger partial charge >= 0.3 is 0 Å². The number of nitrogens with zero attached hydrogens (tertiary/aromatic N) is 2. The van der Waals surface area contributed by atoms with Crippen LogP contribution in [0.15, 0.2) is 53.2 Å². The Kier molecular flexibility index (Phi) is 7.02. The van der Waals surface area contributed by atoms with E-state index in [-0.39, 0.29) is 17.6 Å². The number of aryl methyl sites for hydroxylation is 1. The summed E-state index contributed by atoms with van der Waals surface area (Å²) in [5.74, 6) is 0.368. The maximum Gasteiger partial charge on any atom is 0.287 e. The second-order valence-electron chi connectivity index (χ2n) is 7.47. The number of ether oxygens (including phenoxy) is 1. The molecule has 0 unspecified atom stereocenters. The number of likely N-dealkylation sites (N-methyl/N-ethyl adjacent to an activating group) is 1. The zero-order valence-electron chi connectivity index (χ0n) is 18.0. The van der Waals surface area contributed by atoms with Gasteiger partial charge < -0.3 is 19.8 Å². The summed E-state index contributed by atoms with van der Waals surface area (Å²) in [6.45, 7) is 6.06. The third-order valence-electron chi connectivity index (χ3n) is 4.66. The summed E-state index contributed by atoms with van der Waals surface area (Å²) in [6.07, 6.45) is 3.34. The average Bonchev–Trinajstić information content (AvgIpc) is 3.26. The van der Waals surface area contributed by atoms with Crippen molar-refractivity contribution in [1.82, 2.24) is 20.6 Å². The standard InChI is InChI=1S/C23H26N4O4/c1-14(2)21(23(29)24-4)27-22(28)20-8-7-19(31-20)18-6-5-17(12-26-18)30-13-16-11-15(3)9-10-25-16/h5-12,14,21H,13H2,1-4H3,(H,24,29)(H,27,28)/t21-/m0/s1. The van der Waals surface area contributed by atoms with Crippen LogP contribution in [0.1, 0.15) is 35.7 Å². The first kappa shape index (κ1) is 22.0. The van der Waals surface area contributed by atoms with Gasteiger partial charge in [0.2, 0.25) is 5.91 Å². The van der Waals surface area contributed by atoms with E-state index >= 15 is 0 Å². The summed E-state index contributed by atoms with van der Waals surface area (Å²) in [6, 6.07) is 10.00. The Bertz CT molecular complexity index is 1040. The highest BCUT2D eigenvalue weighted by Crippen LogP contribution is 2.22. The average molecular weight is 422 g/mol. The molecule has 3 aromatic rings. The number of carbonyl (C=O) groups excluding carboxylic acids is 2. The van der Waals surface area contributed by atoms with Gasteiger partial charge in [-0.15, -0.1) is 0 Å². The van der Waals surface area contributed by atoms with E-state index in [9.17, 15) is 9.59 Å². The molecule has 3 rings (SSSR count). The molecule has 0 saturated heterocycles. The first-order valence-electron chi connectivity index (χ1n) is 10.0. The number of pyridine rings is 2. The van der Waals surface area contributed by atoms with Crippen LogP contribution >= 0.6 is 0 Å². The Hall–Kier alpha value is -3.68. The lowest BCUT2D eigenvalue weighted by atomic mass is 10.0. The zero-order chi connectivity index (χ0) is 22.4. The van der Waals surface area contributed by atoms with Crippen molar-refractivity contribution >= 4 is 11.8 Å². The molecule has 0 fully saturated rings. The van der Waals surface area contributed by atoms with Gasteiger partial charge in [0.15, 0.2) is 11.5 Å². The molecule has 0 aromatic carbocycles. The summed E-state index contributed by atoms with van der Waals surface area (Å²) in [5.41, 5.74) is 2.52. The van der Waals surface area contributed by atoms with E-state index in [1.807, 2.05) is 32.9 Å². The van der Waals surface area contributed by atoms with Gasteiger partial charge in [0.05, 0.1) is 11.9 Å². The molecule has 8 heteroatoms. The quantitative estimate of drug-likeness (QED) is 0.578. The Balaban J connectivity index is 1.63. The lowest BCUT2D eigenvalue weighted by molar-refractivity contribution is -0.123. The van der Waals surface area contributed by atoms with Crippen LogP contribution in [0.5, 0.6) is 5.75 Å². The van der Waals surface area contributed by atoms with Crippen LogP contribution in [0.4, 0.5) is 0 Å². The largest absolute Gasteiger partial charge is 0.486 e. The topological polar surface area (TPSA) is 106 Å². The number of rotatable bonds is 8. The van der Waals surface area contributed by atoms with Crippen molar-refractivity contribution in [2.45, 2.75) is 33.4 Å². The van der Waals surface area contributed by atoms with Crippen LogP contribution in [0.2, 0.25) is 0 Å². The number of amides is 2. The normalized spacial score (nSPS) is 11.8. The Morgan fingerprint density at radius 3 is 2.58 bits per heavy atom. The Morgan fingerprint density at radius 2 is 1.94 bits per heavy atom. The Morgan fingerprint density at radius 1 is 1.13 bits per heavy atom. The van der Waals surface area contributed by atoms with E-state index < -0.39 is 11.9 Å². The lowest BCUT2D eigenvalue weighted by Crippen LogP contribution is -2.48. The predicted molar refractivity (Wildman–Crippen MR) is 115 cm³/mol. The van der Waals surface area contributed by atoms with Gasteiger partial charge in [-0.05, 0) is 54.8 Å². The minimum absolute atomic E-state index is 0.0671. The summed E-state index contributed by atoms with van der Waals surface area (Å²) in [4.78, 5) is 33.1. The summed E-state index contributed by atoms with van der Waals surface area (Å²) < 4.78 is 11.4. The minimum atomic E-state index is -0.650. The van der Waals surface area contributed by atoms with Crippen LogP contribution in [-0.4, -0.2) is 34.9 Å². The maximum absolute atomic E-state index is 12.5.